The van der Waals surface area contributed by atoms with E-state index in [1.54, 1.807) is 4.90 Å². The van der Waals surface area contributed by atoms with Crippen LogP contribution in [0.2, 0.25) is 5.02 Å². The van der Waals surface area contributed by atoms with Crippen molar-refractivity contribution in [3.05, 3.63) is 34.6 Å². The first kappa shape index (κ1) is 15.7. The van der Waals surface area contributed by atoms with Crippen LogP contribution in [0.4, 0.5) is 4.39 Å². The largest absolute Gasteiger partial charge is 0.336 e. The van der Waals surface area contributed by atoms with Crippen LogP contribution in [0.3, 0.4) is 0 Å². The second-order valence-corrected chi connectivity index (χ2v) is 6.01. The average Bonchev–Trinajstić information content (AvgIpc) is 2.49. The van der Waals surface area contributed by atoms with Gasteiger partial charge in [-0.2, -0.15) is 5.26 Å². The topological polar surface area (TPSA) is 47.3 Å². The molecule has 1 aliphatic rings. The number of benzene rings is 1. The van der Waals surface area contributed by atoms with E-state index in [9.17, 15) is 9.18 Å². The quantitative estimate of drug-likeness (QED) is 0.843. The Labute approximate surface area is 128 Å². The predicted octanol–water partition coefficient (Wildman–Crippen LogP) is 2.54. The number of hydrogen-bond donors (Lipinski definition) is 0. The van der Waals surface area contributed by atoms with E-state index in [0.717, 1.165) is 0 Å². The van der Waals surface area contributed by atoms with Crippen molar-refractivity contribution in [3.8, 4) is 6.07 Å². The number of piperazine rings is 1. The molecule has 2 rings (SSSR count). The molecule has 21 heavy (non-hydrogen) atoms. The molecule has 0 saturated carbocycles. The van der Waals surface area contributed by atoms with E-state index in [-0.39, 0.29) is 11.5 Å². The molecule has 1 heterocycles. The molecule has 0 atom stereocenters. The predicted molar refractivity (Wildman–Crippen MR) is 78.6 cm³/mol. The standard InChI is InChI=1S/C15H17ClFN3O/c1-15(2,10-18)20-7-5-19(6-8-20)14(21)12-9-11(16)3-4-13(12)17/h3-4,9H,5-8H2,1-2H3. The molecule has 0 aromatic heterocycles. The number of nitriles is 1. The van der Waals surface area contributed by atoms with Crippen LogP contribution in [0.5, 0.6) is 0 Å². The molecule has 0 unspecified atom stereocenters. The minimum Gasteiger partial charge on any atom is -0.336 e. The third kappa shape index (κ3) is 3.34. The van der Waals surface area contributed by atoms with E-state index in [1.165, 1.54) is 18.2 Å². The highest BCUT2D eigenvalue weighted by Gasteiger charge is 2.31. The van der Waals surface area contributed by atoms with Crippen molar-refractivity contribution in [2.75, 3.05) is 26.2 Å². The molecule has 1 aliphatic heterocycles. The molecule has 1 saturated heterocycles. The van der Waals surface area contributed by atoms with Gasteiger partial charge in [0.05, 0.1) is 11.6 Å². The lowest BCUT2D eigenvalue weighted by atomic mass is 10.0. The van der Waals surface area contributed by atoms with E-state index < -0.39 is 11.4 Å². The number of rotatable bonds is 2. The minimum atomic E-state index is -0.566. The average molecular weight is 310 g/mol. The first-order chi connectivity index (χ1) is 9.85. The van der Waals surface area contributed by atoms with Crippen molar-refractivity contribution < 1.29 is 9.18 Å². The smallest absolute Gasteiger partial charge is 0.256 e. The Morgan fingerprint density at radius 1 is 1.33 bits per heavy atom. The van der Waals surface area contributed by atoms with Crippen LogP contribution in [-0.4, -0.2) is 47.4 Å². The Bertz CT molecular complexity index is 589. The number of carbonyl (C=O) groups is 1. The summed E-state index contributed by atoms with van der Waals surface area (Å²) < 4.78 is 13.7. The van der Waals surface area contributed by atoms with Crippen LogP contribution >= 0.6 is 11.6 Å². The lowest BCUT2D eigenvalue weighted by Crippen LogP contribution is -2.55. The van der Waals surface area contributed by atoms with Crippen LogP contribution in [0.25, 0.3) is 0 Å². The summed E-state index contributed by atoms with van der Waals surface area (Å²) in [5.41, 5.74) is -0.563. The molecule has 1 aromatic carbocycles. The van der Waals surface area contributed by atoms with Crippen molar-refractivity contribution in [2.24, 2.45) is 0 Å². The van der Waals surface area contributed by atoms with E-state index >= 15 is 0 Å². The fourth-order valence-corrected chi connectivity index (χ4v) is 2.54. The first-order valence-corrected chi connectivity index (χ1v) is 7.13. The fourth-order valence-electron chi connectivity index (χ4n) is 2.37. The second-order valence-electron chi connectivity index (χ2n) is 5.57. The van der Waals surface area contributed by atoms with Gasteiger partial charge in [0.25, 0.3) is 5.91 Å². The molecule has 1 amide bonds. The van der Waals surface area contributed by atoms with E-state index in [4.69, 9.17) is 16.9 Å². The van der Waals surface area contributed by atoms with E-state index in [2.05, 4.69) is 6.07 Å². The van der Waals surface area contributed by atoms with E-state index in [1.807, 2.05) is 18.7 Å². The summed E-state index contributed by atoms with van der Waals surface area (Å²) in [6, 6.07) is 6.22. The lowest BCUT2D eigenvalue weighted by Gasteiger charge is -2.40. The van der Waals surface area contributed by atoms with Crippen LogP contribution in [0.1, 0.15) is 24.2 Å². The summed E-state index contributed by atoms with van der Waals surface area (Å²) in [6.45, 7) is 5.82. The number of nitrogens with zero attached hydrogens (tertiary/aromatic N) is 3. The number of hydrogen-bond acceptors (Lipinski definition) is 3. The number of amides is 1. The molecular weight excluding hydrogens is 293 g/mol. The molecule has 1 fully saturated rings. The van der Waals surface area contributed by atoms with Gasteiger partial charge in [-0.25, -0.2) is 4.39 Å². The van der Waals surface area contributed by atoms with Crippen LogP contribution < -0.4 is 0 Å². The third-order valence-corrected chi connectivity index (χ3v) is 4.02. The van der Waals surface area contributed by atoms with Crippen LogP contribution in [0.15, 0.2) is 18.2 Å². The van der Waals surface area contributed by atoms with Crippen LogP contribution in [-0.2, 0) is 0 Å². The zero-order valence-electron chi connectivity index (χ0n) is 12.1. The first-order valence-electron chi connectivity index (χ1n) is 6.76. The van der Waals surface area contributed by atoms with Gasteiger partial charge in [0.2, 0.25) is 0 Å². The molecule has 1 aromatic rings. The van der Waals surface area contributed by atoms with Crippen molar-refractivity contribution in [1.82, 2.24) is 9.80 Å². The van der Waals surface area contributed by atoms with Gasteiger partial charge >= 0.3 is 0 Å². The van der Waals surface area contributed by atoms with Gasteiger partial charge in [-0.05, 0) is 32.0 Å². The minimum absolute atomic E-state index is 0.00417. The van der Waals surface area contributed by atoms with Crippen molar-refractivity contribution in [3.63, 3.8) is 0 Å². The zero-order valence-corrected chi connectivity index (χ0v) is 12.8. The highest BCUT2D eigenvalue weighted by Crippen LogP contribution is 2.20. The monoisotopic (exact) mass is 309 g/mol. The Morgan fingerprint density at radius 2 is 1.95 bits per heavy atom. The molecule has 0 bridgehead atoms. The summed E-state index contributed by atoms with van der Waals surface area (Å²) >= 11 is 5.82. The third-order valence-electron chi connectivity index (χ3n) is 3.79. The summed E-state index contributed by atoms with van der Waals surface area (Å²) in [5, 5.41) is 9.47. The molecular formula is C15H17ClFN3O. The second kappa shape index (κ2) is 6.00. The maximum Gasteiger partial charge on any atom is 0.256 e. The summed E-state index contributed by atoms with van der Waals surface area (Å²) in [6.07, 6.45) is 0. The molecule has 0 spiro atoms. The molecule has 0 radical (unpaired) electrons. The maximum absolute atomic E-state index is 13.7. The van der Waals surface area contributed by atoms with Crippen molar-refractivity contribution in [1.29, 1.82) is 5.26 Å². The zero-order chi connectivity index (χ0) is 15.6. The Morgan fingerprint density at radius 3 is 2.52 bits per heavy atom. The molecule has 0 N–H and O–H groups in total. The summed E-state index contributed by atoms with van der Waals surface area (Å²) in [5.74, 6) is -0.923. The molecule has 6 heteroatoms. The normalized spacial score (nSPS) is 16.6. The van der Waals surface area contributed by atoms with Crippen LogP contribution in [0, 0.1) is 17.1 Å². The number of halogens is 2. The fraction of sp³-hybridized carbons (Fsp3) is 0.467. The van der Waals surface area contributed by atoms with E-state index in [0.29, 0.717) is 31.2 Å². The van der Waals surface area contributed by atoms with Gasteiger partial charge in [0, 0.05) is 31.2 Å². The highest BCUT2D eigenvalue weighted by molar-refractivity contribution is 6.31. The van der Waals surface area contributed by atoms with Gasteiger partial charge in [-0.1, -0.05) is 11.6 Å². The Balaban J connectivity index is 2.07. The summed E-state index contributed by atoms with van der Waals surface area (Å²) in [7, 11) is 0. The van der Waals surface area contributed by atoms with Crippen molar-refractivity contribution >= 4 is 17.5 Å². The molecule has 112 valence electrons. The Kier molecular flexibility index (Phi) is 4.50. The van der Waals surface area contributed by atoms with Gasteiger partial charge in [-0.3, -0.25) is 9.69 Å². The molecule has 0 aliphatic carbocycles. The summed E-state index contributed by atoms with van der Waals surface area (Å²) in [4.78, 5) is 16.0. The van der Waals surface area contributed by atoms with Gasteiger partial charge in [-0.15, -0.1) is 0 Å². The van der Waals surface area contributed by atoms with Crippen molar-refractivity contribution in [2.45, 2.75) is 19.4 Å². The van der Waals surface area contributed by atoms with Gasteiger partial charge in [0.1, 0.15) is 11.4 Å². The number of carbonyl (C=O) groups excluding carboxylic acids is 1. The lowest BCUT2D eigenvalue weighted by molar-refractivity contribution is 0.0517. The van der Waals surface area contributed by atoms with Gasteiger partial charge in [0.15, 0.2) is 0 Å². The highest BCUT2D eigenvalue weighted by atomic mass is 35.5. The SMILES string of the molecule is CC(C)(C#N)N1CCN(C(=O)c2cc(Cl)ccc2F)CC1. The maximum atomic E-state index is 13.7. The Hall–Kier alpha value is -1.64. The van der Waals surface area contributed by atoms with Gasteiger partial charge < -0.3 is 4.90 Å². The molecule has 4 nitrogen and oxygen atoms in total.